The first-order valence-electron chi connectivity index (χ1n) is 8.21. The molecule has 0 aliphatic rings. The predicted octanol–water partition coefficient (Wildman–Crippen LogP) is 4.89. The zero-order valence-electron chi connectivity index (χ0n) is 13.4. The SMILES string of the molecule is CCCCCCCCC(CCCC)COC(=O)COP. The van der Waals surface area contributed by atoms with Crippen LogP contribution in [0.1, 0.15) is 78.1 Å². The van der Waals surface area contributed by atoms with Crippen LogP contribution in [-0.4, -0.2) is 19.2 Å². The Kier molecular flexibility index (Phi) is 15.1. The van der Waals surface area contributed by atoms with Crippen LogP contribution in [-0.2, 0) is 14.1 Å². The summed E-state index contributed by atoms with van der Waals surface area (Å²) in [5.74, 6) is 0.263. The van der Waals surface area contributed by atoms with Gasteiger partial charge in [-0.15, -0.1) is 0 Å². The van der Waals surface area contributed by atoms with Gasteiger partial charge in [0.2, 0.25) is 0 Å². The molecule has 0 radical (unpaired) electrons. The van der Waals surface area contributed by atoms with E-state index in [4.69, 9.17) is 9.26 Å². The minimum absolute atomic E-state index is 0.0299. The lowest BCUT2D eigenvalue weighted by Crippen LogP contribution is -2.17. The first-order chi connectivity index (χ1) is 9.74. The maximum absolute atomic E-state index is 11.3. The minimum atomic E-state index is -0.260. The third-order valence-electron chi connectivity index (χ3n) is 3.61. The number of rotatable bonds is 14. The molecule has 20 heavy (non-hydrogen) atoms. The van der Waals surface area contributed by atoms with E-state index in [-0.39, 0.29) is 12.6 Å². The Balaban J connectivity index is 3.75. The molecule has 120 valence electrons. The topological polar surface area (TPSA) is 35.5 Å². The molecule has 2 unspecified atom stereocenters. The van der Waals surface area contributed by atoms with Gasteiger partial charge in [0.1, 0.15) is 6.61 Å². The van der Waals surface area contributed by atoms with Crippen molar-refractivity contribution in [2.24, 2.45) is 5.92 Å². The molecule has 0 aliphatic carbocycles. The normalized spacial score (nSPS) is 12.3. The lowest BCUT2D eigenvalue weighted by Gasteiger charge is -2.16. The van der Waals surface area contributed by atoms with Crippen molar-refractivity contribution in [3.8, 4) is 0 Å². The molecule has 0 saturated carbocycles. The zero-order valence-corrected chi connectivity index (χ0v) is 14.5. The molecule has 0 aliphatic heterocycles. The van der Waals surface area contributed by atoms with E-state index in [9.17, 15) is 4.79 Å². The quantitative estimate of drug-likeness (QED) is 0.260. The molecule has 0 N–H and O–H groups in total. The van der Waals surface area contributed by atoms with E-state index in [1.165, 1.54) is 64.2 Å². The van der Waals surface area contributed by atoms with Gasteiger partial charge in [0.25, 0.3) is 0 Å². The van der Waals surface area contributed by atoms with Crippen molar-refractivity contribution in [3.63, 3.8) is 0 Å². The predicted molar refractivity (Wildman–Crippen MR) is 87.6 cm³/mol. The van der Waals surface area contributed by atoms with Crippen LogP contribution in [0.25, 0.3) is 0 Å². The summed E-state index contributed by atoms with van der Waals surface area (Å²) in [7, 11) is 2.08. The second-order valence-corrected chi connectivity index (χ2v) is 5.89. The molecule has 0 spiro atoms. The fourth-order valence-electron chi connectivity index (χ4n) is 2.34. The average Bonchev–Trinajstić information content (AvgIpc) is 2.45. The van der Waals surface area contributed by atoms with Gasteiger partial charge in [0, 0.05) is 9.47 Å². The van der Waals surface area contributed by atoms with Crippen molar-refractivity contribution in [1.29, 1.82) is 0 Å². The highest BCUT2D eigenvalue weighted by atomic mass is 31.0. The van der Waals surface area contributed by atoms with Crippen molar-refractivity contribution in [3.05, 3.63) is 0 Å². The zero-order chi connectivity index (χ0) is 15.1. The van der Waals surface area contributed by atoms with Crippen LogP contribution in [0, 0.1) is 5.92 Å². The number of esters is 1. The summed E-state index contributed by atoms with van der Waals surface area (Å²) in [4.78, 5) is 11.3. The smallest absolute Gasteiger partial charge is 0.332 e. The summed E-state index contributed by atoms with van der Waals surface area (Å²) in [5, 5.41) is 0. The van der Waals surface area contributed by atoms with Gasteiger partial charge in [-0.2, -0.15) is 0 Å². The highest BCUT2D eigenvalue weighted by Crippen LogP contribution is 2.18. The second kappa shape index (κ2) is 15.3. The third-order valence-corrected chi connectivity index (χ3v) is 3.78. The second-order valence-electron chi connectivity index (χ2n) is 5.56. The van der Waals surface area contributed by atoms with E-state index in [2.05, 4.69) is 23.3 Å². The van der Waals surface area contributed by atoms with E-state index in [0.717, 1.165) is 0 Å². The van der Waals surface area contributed by atoms with Gasteiger partial charge < -0.3 is 9.26 Å². The van der Waals surface area contributed by atoms with Crippen LogP contribution in [0.3, 0.4) is 0 Å². The first-order valence-corrected chi connectivity index (χ1v) is 8.69. The number of unbranched alkanes of at least 4 members (excludes halogenated alkanes) is 6. The lowest BCUT2D eigenvalue weighted by molar-refractivity contribution is -0.147. The molecule has 0 aromatic carbocycles. The van der Waals surface area contributed by atoms with E-state index >= 15 is 0 Å². The molecule has 0 aromatic rings. The van der Waals surface area contributed by atoms with E-state index in [1.807, 2.05) is 0 Å². The first kappa shape index (κ1) is 19.9. The summed E-state index contributed by atoms with van der Waals surface area (Å²) >= 11 is 0. The molecule has 0 amide bonds. The van der Waals surface area contributed by atoms with Crippen molar-refractivity contribution < 1.29 is 14.1 Å². The molecule has 4 heteroatoms. The molecular weight excluding hydrogens is 271 g/mol. The molecule has 0 rings (SSSR count). The molecular formula is C16H33O3P. The molecule has 0 aromatic heterocycles. The highest BCUT2D eigenvalue weighted by Gasteiger charge is 2.11. The van der Waals surface area contributed by atoms with E-state index in [1.54, 1.807) is 0 Å². The Hall–Kier alpha value is -0.140. The largest absolute Gasteiger partial charge is 0.464 e. The number of hydrogen-bond acceptors (Lipinski definition) is 3. The average molecular weight is 304 g/mol. The van der Waals surface area contributed by atoms with E-state index in [0.29, 0.717) is 12.5 Å². The van der Waals surface area contributed by atoms with Crippen molar-refractivity contribution in [1.82, 2.24) is 0 Å². The molecule has 0 fully saturated rings. The van der Waals surface area contributed by atoms with Gasteiger partial charge in [-0.3, -0.25) is 0 Å². The van der Waals surface area contributed by atoms with Crippen LogP contribution in [0.4, 0.5) is 0 Å². The molecule has 2 atom stereocenters. The Labute approximate surface area is 127 Å². The fraction of sp³-hybridized carbons (Fsp3) is 0.938. The van der Waals surface area contributed by atoms with E-state index < -0.39 is 0 Å². The number of ether oxygens (including phenoxy) is 1. The molecule has 3 nitrogen and oxygen atoms in total. The number of carbonyl (C=O) groups is 1. The number of carbonyl (C=O) groups excluding carboxylic acids is 1. The number of hydrogen-bond donors (Lipinski definition) is 0. The molecule has 0 saturated heterocycles. The third kappa shape index (κ3) is 12.9. The van der Waals surface area contributed by atoms with Crippen LogP contribution in [0.5, 0.6) is 0 Å². The maximum Gasteiger partial charge on any atom is 0.332 e. The summed E-state index contributed by atoms with van der Waals surface area (Å²) in [5.41, 5.74) is 0. The van der Waals surface area contributed by atoms with Crippen molar-refractivity contribution in [2.45, 2.75) is 78.1 Å². The molecule has 0 bridgehead atoms. The Bertz CT molecular complexity index is 222. The monoisotopic (exact) mass is 304 g/mol. The Morgan fingerprint density at radius 3 is 2.20 bits per heavy atom. The maximum atomic E-state index is 11.3. The van der Waals surface area contributed by atoms with Crippen LogP contribution < -0.4 is 0 Å². The molecule has 0 heterocycles. The lowest BCUT2D eigenvalue weighted by atomic mass is 9.96. The van der Waals surface area contributed by atoms with Gasteiger partial charge in [0.05, 0.1) is 6.61 Å². The Morgan fingerprint density at radius 1 is 0.950 bits per heavy atom. The summed E-state index contributed by atoms with van der Waals surface area (Å²) in [6.07, 6.45) is 12.7. The van der Waals surface area contributed by atoms with Crippen LogP contribution in [0.2, 0.25) is 0 Å². The van der Waals surface area contributed by atoms with Gasteiger partial charge >= 0.3 is 5.97 Å². The van der Waals surface area contributed by atoms with Gasteiger partial charge in [-0.25, -0.2) is 4.79 Å². The van der Waals surface area contributed by atoms with Crippen LogP contribution in [0.15, 0.2) is 0 Å². The Morgan fingerprint density at radius 2 is 1.55 bits per heavy atom. The minimum Gasteiger partial charge on any atom is -0.464 e. The summed E-state index contributed by atoms with van der Waals surface area (Å²) < 4.78 is 9.96. The fourth-order valence-corrected chi connectivity index (χ4v) is 2.47. The summed E-state index contributed by atoms with van der Waals surface area (Å²) in [6, 6.07) is 0. The van der Waals surface area contributed by atoms with Gasteiger partial charge in [-0.1, -0.05) is 65.2 Å². The standard InChI is InChI=1S/C16H33O3P/c1-3-5-7-8-9-10-12-15(11-6-4-2)13-18-16(17)14-19-20/h15H,3-14,20H2,1-2H3. The van der Waals surface area contributed by atoms with Crippen LogP contribution >= 0.6 is 9.47 Å². The van der Waals surface area contributed by atoms with Crippen molar-refractivity contribution >= 4 is 15.4 Å². The van der Waals surface area contributed by atoms with Gasteiger partial charge in [0.15, 0.2) is 0 Å². The highest BCUT2D eigenvalue weighted by molar-refractivity contribution is 7.09. The summed E-state index contributed by atoms with van der Waals surface area (Å²) in [6.45, 7) is 5.04. The van der Waals surface area contributed by atoms with Crippen molar-refractivity contribution in [2.75, 3.05) is 13.2 Å². The van der Waals surface area contributed by atoms with Gasteiger partial charge in [-0.05, 0) is 18.8 Å².